The van der Waals surface area contributed by atoms with Gasteiger partial charge in [-0.15, -0.1) is 0 Å². The minimum atomic E-state index is -0.0775. The summed E-state index contributed by atoms with van der Waals surface area (Å²) in [5.41, 5.74) is 0. The van der Waals surface area contributed by atoms with Crippen molar-refractivity contribution in [1.29, 1.82) is 0 Å². The Morgan fingerprint density at radius 3 is 1.34 bits per heavy atom. The van der Waals surface area contributed by atoms with E-state index in [1.165, 1.54) is 50.7 Å². The van der Waals surface area contributed by atoms with Crippen molar-refractivity contribution in [1.82, 2.24) is 10.6 Å². The zero-order chi connectivity index (χ0) is 22.7. The van der Waals surface area contributed by atoms with Gasteiger partial charge in [-0.05, 0) is 49.3 Å². The fraction of sp³-hybridized carbons (Fsp3) is 0.462. The Bertz CT molecular complexity index is 724. The second-order valence-electron chi connectivity index (χ2n) is 7.82. The summed E-state index contributed by atoms with van der Waals surface area (Å²) >= 11 is 0. The number of amides is 2. The Hall–Kier alpha value is -3.02. The highest BCUT2D eigenvalue weighted by Crippen LogP contribution is 2.10. The molecule has 0 bridgehead atoms. The third kappa shape index (κ3) is 12.6. The number of nitrogens with one attached hydrogen (secondary N) is 2. The predicted molar refractivity (Wildman–Crippen MR) is 128 cm³/mol. The molecule has 0 fully saturated rings. The molecule has 2 aromatic rings. The zero-order valence-corrected chi connectivity index (χ0v) is 18.9. The monoisotopic (exact) mass is 440 g/mol. The minimum Gasteiger partial charge on any atom is -0.465 e. The molecule has 2 rings (SSSR count). The molecule has 0 atom stereocenters. The standard InChI is InChI=1S/C26H36N2O4/c29-25(17-15-23-13-11-21-31-23)27-19-9-7-5-3-1-2-4-6-8-10-20-28-26(30)18-16-24-14-12-22-32-24/h11-18,21-22H,1-10,19-20H2,(H,27,29)(H,28,30). The van der Waals surface area contributed by atoms with Crippen LogP contribution in [0.4, 0.5) is 0 Å². The van der Waals surface area contributed by atoms with Gasteiger partial charge in [0, 0.05) is 25.2 Å². The van der Waals surface area contributed by atoms with Crippen LogP contribution >= 0.6 is 0 Å². The van der Waals surface area contributed by atoms with Crippen molar-refractivity contribution in [2.75, 3.05) is 13.1 Å². The molecule has 2 amide bonds. The minimum absolute atomic E-state index is 0.0775. The highest BCUT2D eigenvalue weighted by Gasteiger charge is 1.98. The van der Waals surface area contributed by atoms with Crippen molar-refractivity contribution in [3.8, 4) is 0 Å². The first kappa shape index (κ1) is 25.2. The average Bonchev–Trinajstić information content (AvgIpc) is 3.50. The largest absolute Gasteiger partial charge is 0.465 e. The van der Waals surface area contributed by atoms with Crippen LogP contribution in [-0.2, 0) is 9.59 Å². The van der Waals surface area contributed by atoms with Gasteiger partial charge < -0.3 is 19.5 Å². The number of hydrogen-bond donors (Lipinski definition) is 2. The van der Waals surface area contributed by atoms with Gasteiger partial charge in [0.15, 0.2) is 0 Å². The molecule has 0 unspecified atom stereocenters. The van der Waals surface area contributed by atoms with Gasteiger partial charge in [-0.25, -0.2) is 0 Å². The van der Waals surface area contributed by atoms with E-state index in [0.29, 0.717) is 11.5 Å². The summed E-state index contributed by atoms with van der Waals surface area (Å²) in [4.78, 5) is 23.4. The first-order valence-electron chi connectivity index (χ1n) is 11.7. The molecule has 0 radical (unpaired) electrons. The van der Waals surface area contributed by atoms with Crippen LogP contribution in [-0.4, -0.2) is 24.9 Å². The lowest BCUT2D eigenvalue weighted by Crippen LogP contribution is -2.21. The highest BCUT2D eigenvalue weighted by molar-refractivity contribution is 5.91. The number of furan rings is 2. The summed E-state index contributed by atoms with van der Waals surface area (Å²) in [5, 5.41) is 5.80. The average molecular weight is 441 g/mol. The third-order valence-electron chi connectivity index (χ3n) is 5.09. The first-order valence-corrected chi connectivity index (χ1v) is 11.7. The van der Waals surface area contributed by atoms with E-state index in [2.05, 4.69) is 10.6 Å². The summed E-state index contributed by atoms with van der Waals surface area (Å²) in [7, 11) is 0. The zero-order valence-electron chi connectivity index (χ0n) is 18.9. The lowest BCUT2D eigenvalue weighted by Gasteiger charge is -2.04. The molecule has 32 heavy (non-hydrogen) atoms. The van der Waals surface area contributed by atoms with Crippen LogP contribution < -0.4 is 10.6 Å². The summed E-state index contributed by atoms with van der Waals surface area (Å²) < 4.78 is 10.3. The van der Waals surface area contributed by atoms with Gasteiger partial charge in [0.2, 0.25) is 11.8 Å². The number of carbonyl (C=O) groups excluding carboxylic acids is 2. The molecule has 2 heterocycles. The van der Waals surface area contributed by atoms with Crippen LogP contribution in [0.3, 0.4) is 0 Å². The molecule has 2 aromatic heterocycles. The van der Waals surface area contributed by atoms with Crippen LogP contribution in [0.2, 0.25) is 0 Å². The third-order valence-corrected chi connectivity index (χ3v) is 5.09. The molecule has 6 nitrogen and oxygen atoms in total. The predicted octanol–water partition coefficient (Wildman–Crippen LogP) is 5.73. The highest BCUT2D eigenvalue weighted by atomic mass is 16.3. The second-order valence-corrected chi connectivity index (χ2v) is 7.82. The maximum absolute atomic E-state index is 11.7. The summed E-state index contributed by atoms with van der Waals surface area (Å²) in [6.45, 7) is 1.44. The molecule has 6 heteroatoms. The van der Waals surface area contributed by atoms with Crippen molar-refractivity contribution < 1.29 is 18.4 Å². The molecule has 0 saturated heterocycles. The van der Waals surface area contributed by atoms with E-state index in [0.717, 1.165) is 38.8 Å². The fourth-order valence-electron chi connectivity index (χ4n) is 3.29. The van der Waals surface area contributed by atoms with E-state index in [-0.39, 0.29) is 11.8 Å². The molecular weight excluding hydrogens is 404 g/mol. The maximum Gasteiger partial charge on any atom is 0.244 e. The van der Waals surface area contributed by atoms with E-state index in [1.807, 2.05) is 12.1 Å². The van der Waals surface area contributed by atoms with Crippen molar-refractivity contribution >= 4 is 24.0 Å². The van der Waals surface area contributed by atoms with E-state index in [4.69, 9.17) is 8.83 Å². The SMILES string of the molecule is O=C(C=Cc1ccco1)NCCCCCCCCCCCCNC(=O)C=Cc1ccco1. The van der Waals surface area contributed by atoms with E-state index in [9.17, 15) is 9.59 Å². The van der Waals surface area contributed by atoms with Crippen molar-refractivity contribution in [3.05, 3.63) is 60.5 Å². The van der Waals surface area contributed by atoms with Gasteiger partial charge in [-0.2, -0.15) is 0 Å². The number of hydrogen-bond acceptors (Lipinski definition) is 4. The topological polar surface area (TPSA) is 84.5 Å². The van der Waals surface area contributed by atoms with Crippen LogP contribution in [0.1, 0.15) is 75.7 Å². The molecule has 174 valence electrons. The molecule has 0 aromatic carbocycles. The van der Waals surface area contributed by atoms with E-state index in [1.54, 1.807) is 36.8 Å². The molecule has 0 aliphatic carbocycles. The molecule has 0 aliphatic rings. The van der Waals surface area contributed by atoms with Crippen molar-refractivity contribution in [3.63, 3.8) is 0 Å². The van der Waals surface area contributed by atoms with Crippen molar-refractivity contribution in [2.45, 2.75) is 64.2 Å². The van der Waals surface area contributed by atoms with Crippen LogP contribution in [0.15, 0.2) is 57.8 Å². The lowest BCUT2D eigenvalue weighted by atomic mass is 10.1. The molecule has 0 aliphatic heterocycles. The Morgan fingerprint density at radius 1 is 0.625 bits per heavy atom. The van der Waals surface area contributed by atoms with Gasteiger partial charge in [0.1, 0.15) is 11.5 Å². The Balaban J connectivity index is 1.30. The van der Waals surface area contributed by atoms with Crippen LogP contribution in [0.25, 0.3) is 12.2 Å². The number of rotatable bonds is 17. The van der Waals surface area contributed by atoms with Gasteiger partial charge >= 0.3 is 0 Å². The smallest absolute Gasteiger partial charge is 0.244 e. The van der Waals surface area contributed by atoms with Gasteiger partial charge in [0.25, 0.3) is 0 Å². The quantitative estimate of drug-likeness (QED) is 0.243. The second kappa shape index (κ2) is 16.6. The van der Waals surface area contributed by atoms with Crippen LogP contribution in [0.5, 0.6) is 0 Å². The molecule has 0 spiro atoms. The summed E-state index contributed by atoms with van der Waals surface area (Å²) in [6, 6.07) is 7.22. The Labute approximate surface area is 191 Å². The Kier molecular flexibility index (Phi) is 13.1. The molecular formula is C26H36N2O4. The fourth-order valence-corrected chi connectivity index (χ4v) is 3.29. The Morgan fingerprint density at radius 2 is 1.00 bits per heavy atom. The lowest BCUT2D eigenvalue weighted by molar-refractivity contribution is -0.117. The van der Waals surface area contributed by atoms with E-state index < -0.39 is 0 Å². The van der Waals surface area contributed by atoms with Gasteiger partial charge in [-0.3, -0.25) is 9.59 Å². The normalized spacial score (nSPS) is 11.4. The van der Waals surface area contributed by atoms with Gasteiger partial charge in [-0.1, -0.05) is 51.4 Å². The van der Waals surface area contributed by atoms with Gasteiger partial charge in [0.05, 0.1) is 12.5 Å². The summed E-state index contributed by atoms with van der Waals surface area (Å²) in [6.07, 6.45) is 21.4. The van der Waals surface area contributed by atoms with E-state index >= 15 is 0 Å². The first-order chi connectivity index (χ1) is 15.7. The molecule has 0 saturated carbocycles. The number of unbranched alkanes of at least 4 members (excludes halogenated alkanes) is 9. The maximum atomic E-state index is 11.7. The number of carbonyl (C=O) groups is 2. The van der Waals surface area contributed by atoms with Crippen LogP contribution in [0, 0.1) is 0 Å². The summed E-state index contributed by atoms with van der Waals surface area (Å²) in [5.74, 6) is 1.21. The molecule has 2 N–H and O–H groups in total. The van der Waals surface area contributed by atoms with Crippen molar-refractivity contribution in [2.24, 2.45) is 0 Å².